The van der Waals surface area contributed by atoms with Gasteiger partial charge in [0.2, 0.25) is 5.91 Å². The van der Waals surface area contributed by atoms with Gasteiger partial charge in [0.05, 0.1) is 6.04 Å². The zero-order valence-electron chi connectivity index (χ0n) is 11.7. The second-order valence-electron chi connectivity index (χ2n) is 5.24. The molecule has 2 aliphatic heterocycles. The van der Waals surface area contributed by atoms with Gasteiger partial charge in [-0.2, -0.15) is 0 Å². The molecule has 1 N–H and O–H groups in total. The highest BCUT2D eigenvalue weighted by Crippen LogP contribution is 2.08. The Morgan fingerprint density at radius 2 is 2.05 bits per heavy atom. The van der Waals surface area contributed by atoms with E-state index >= 15 is 0 Å². The summed E-state index contributed by atoms with van der Waals surface area (Å²) >= 11 is 0. The van der Waals surface area contributed by atoms with Crippen LogP contribution in [0.15, 0.2) is 17.1 Å². The Labute approximate surface area is 115 Å². The van der Waals surface area contributed by atoms with Crippen LogP contribution in [0.4, 0.5) is 0 Å². The van der Waals surface area contributed by atoms with E-state index in [9.17, 15) is 4.79 Å². The molecule has 1 unspecified atom stereocenters. The van der Waals surface area contributed by atoms with E-state index < -0.39 is 0 Å². The van der Waals surface area contributed by atoms with Crippen LogP contribution in [0.5, 0.6) is 0 Å². The maximum absolute atomic E-state index is 10.8. The van der Waals surface area contributed by atoms with Crippen LogP contribution >= 0.6 is 0 Å². The van der Waals surface area contributed by atoms with Gasteiger partial charge >= 0.3 is 0 Å². The summed E-state index contributed by atoms with van der Waals surface area (Å²) in [5.41, 5.74) is 0. The second kappa shape index (κ2) is 7.40. The minimum absolute atomic E-state index is 0.0573. The Morgan fingerprint density at radius 3 is 2.68 bits per heavy atom. The topological polar surface area (TPSA) is 47.9 Å². The van der Waals surface area contributed by atoms with E-state index in [0.717, 1.165) is 52.2 Å². The highest BCUT2D eigenvalue weighted by molar-refractivity contribution is 5.72. The molecule has 1 fully saturated rings. The van der Waals surface area contributed by atoms with E-state index in [1.807, 2.05) is 12.3 Å². The van der Waals surface area contributed by atoms with Gasteiger partial charge in [0.25, 0.3) is 0 Å². The zero-order valence-corrected chi connectivity index (χ0v) is 11.7. The number of hydrogen-bond donors (Lipinski definition) is 1. The summed E-state index contributed by atoms with van der Waals surface area (Å²) in [5.74, 6) is 0.0573. The fourth-order valence-electron chi connectivity index (χ4n) is 2.53. The minimum atomic E-state index is 0.0573. The van der Waals surface area contributed by atoms with Gasteiger partial charge in [-0.1, -0.05) is 6.08 Å². The molecule has 0 aliphatic carbocycles. The summed E-state index contributed by atoms with van der Waals surface area (Å²) in [4.78, 5) is 20.2. The summed E-state index contributed by atoms with van der Waals surface area (Å²) in [5, 5.41) is 2.85. The first-order chi connectivity index (χ1) is 9.24. The maximum atomic E-state index is 10.8. The summed E-state index contributed by atoms with van der Waals surface area (Å²) in [6, 6.07) is 0.441. The molecule has 2 aliphatic rings. The van der Waals surface area contributed by atoms with Crippen LogP contribution in [0.3, 0.4) is 0 Å². The predicted octanol–water partition coefficient (Wildman–Crippen LogP) is 0.139. The van der Waals surface area contributed by atoms with E-state index in [0.29, 0.717) is 6.04 Å². The fourth-order valence-corrected chi connectivity index (χ4v) is 2.53. The van der Waals surface area contributed by atoms with E-state index in [4.69, 9.17) is 0 Å². The van der Waals surface area contributed by atoms with Gasteiger partial charge in [-0.3, -0.25) is 19.6 Å². The molecule has 0 aromatic carbocycles. The largest absolute Gasteiger partial charge is 0.355 e. The zero-order chi connectivity index (χ0) is 13.5. The third kappa shape index (κ3) is 5.12. The number of rotatable bonds is 5. The van der Waals surface area contributed by atoms with Crippen molar-refractivity contribution < 1.29 is 4.79 Å². The number of nitrogens with zero attached hydrogens (tertiary/aromatic N) is 3. The van der Waals surface area contributed by atoms with E-state index in [-0.39, 0.29) is 5.91 Å². The predicted molar refractivity (Wildman–Crippen MR) is 77.6 cm³/mol. The highest BCUT2D eigenvalue weighted by atomic mass is 16.1. The third-order valence-electron chi connectivity index (χ3n) is 3.66. The summed E-state index contributed by atoms with van der Waals surface area (Å²) in [7, 11) is 0. The number of aliphatic imine (C=N–C) groups is 1. The van der Waals surface area contributed by atoms with Crippen molar-refractivity contribution in [1.82, 2.24) is 15.1 Å². The van der Waals surface area contributed by atoms with Crippen LogP contribution in [0, 0.1) is 0 Å². The number of nitrogens with one attached hydrogen (secondary N) is 1. The number of amides is 1. The maximum Gasteiger partial charge on any atom is 0.216 e. The smallest absolute Gasteiger partial charge is 0.216 e. The molecule has 0 saturated carbocycles. The molecule has 5 heteroatoms. The Balaban J connectivity index is 1.61. The van der Waals surface area contributed by atoms with Crippen molar-refractivity contribution in [2.24, 2.45) is 4.99 Å². The summed E-state index contributed by atoms with van der Waals surface area (Å²) in [6.45, 7) is 8.74. The Hall–Kier alpha value is -1.20. The van der Waals surface area contributed by atoms with E-state index in [2.05, 4.69) is 26.2 Å². The van der Waals surface area contributed by atoms with Crippen LogP contribution in [0.1, 0.15) is 13.3 Å². The molecule has 5 nitrogen and oxygen atoms in total. The van der Waals surface area contributed by atoms with Crippen molar-refractivity contribution in [3.63, 3.8) is 0 Å². The lowest BCUT2D eigenvalue weighted by Crippen LogP contribution is -2.49. The van der Waals surface area contributed by atoms with E-state index in [1.165, 1.54) is 0 Å². The lowest BCUT2D eigenvalue weighted by molar-refractivity contribution is -0.119. The minimum Gasteiger partial charge on any atom is -0.355 e. The summed E-state index contributed by atoms with van der Waals surface area (Å²) < 4.78 is 0. The molecular formula is C14H24N4O. The van der Waals surface area contributed by atoms with Crippen molar-refractivity contribution in [1.29, 1.82) is 0 Å². The second-order valence-corrected chi connectivity index (χ2v) is 5.24. The average molecular weight is 264 g/mol. The molecule has 0 radical (unpaired) electrons. The third-order valence-corrected chi connectivity index (χ3v) is 3.66. The Kier molecular flexibility index (Phi) is 5.54. The van der Waals surface area contributed by atoms with Crippen molar-refractivity contribution in [2.45, 2.75) is 19.4 Å². The molecule has 0 aromatic rings. The number of carbonyl (C=O) groups is 1. The molecule has 0 aromatic heterocycles. The first-order valence-corrected chi connectivity index (χ1v) is 7.11. The van der Waals surface area contributed by atoms with Gasteiger partial charge in [0.15, 0.2) is 0 Å². The molecule has 2 rings (SSSR count). The monoisotopic (exact) mass is 264 g/mol. The van der Waals surface area contributed by atoms with Crippen LogP contribution < -0.4 is 5.32 Å². The van der Waals surface area contributed by atoms with Crippen LogP contribution in [-0.4, -0.2) is 73.8 Å². The van der Waals surface area contributed by atoms with Crippen LogP contribution in [0.25, 0.3) is 0 Å². The number of carbonyl (C=O) groups excluding carboxylic acids is 1. The van der Waals surface area contributed by atoms with Crippen molar-refractivity contribution >= 4 is 12.1 Å². The molecule has 0 bridgehead atoms. The Morgan fingerprint density at radius 1 is 1.32 bits per heavy atom. The van der Waals surface area contributed by atoms with Gasteiger partial charge in [0, 0.05) is 59.0 Å². The van der Waals surface area contributed by atoms with Crippen molar-refractivity contribution in [3.8, 4) is 0 Å². The normalized spacial score (nSPS) is 24.6. The standard InChI is InChI=1S/C14H24N4O/c1-13(19)15-6-7-17-8-10-18(11-9-17)12-14-4-2-3-5-16-14/h2-3,5,14H,4,6-12H2,1H3,(H,15,19). The van der Waals surface area contributed by atoms with Crippen molar-refractivity contribution in [3.05, 3.63) is 12.2 Å². The molecule has 1 atom stereocenters. The lowest BCUT2D eigenvalue weighted by atomic mass is 10.1. The lowest BCUT2D eigenvalue weighted by Gasteiger charge is -2.35. The molecular weight excluding hydrogens is 240 g/mol. The van der Waals surface area contributed by atoms with E-state index in [1.54, 1.807) is 6.92 Å². The highest BCUT2D eigenvalue weighted by Gasteiger charge is 2.19. The molecule has 1 saturated heterocycles. The van der Waals surface area contributed by atoms with Crippen LogP contribution in [0.2, 0.25) is 0 Å². The van der Waals surface area contributed by atoms with Gasteiger partial charge in [-0.15, -0.1) is 0 Å². The molecule has 2 heterocycles. The van der Waals surface area contributed by atoms with Crippen LogP contribution in [-0.2, 0) is 4.79 Å². The SMILES string of the molecule is CC(=O)NCCN1CCN(CC2CC=CC=N2)CC1. The molecule has 0 spiro atoms. The van der Waals surface area contributed by atoms with Gasteiger partial charge in [0.1, 0.15) is 0 Å². The number of dihydropyridines is 1. The quantitative estimate of drug-likeness (QED) is 0.768. The van der Waals surface area contributed by atoms with Gasteiger partial charge in [-0.25, -0.2) is 0 Å². The number of allylic oxidation sites excluding steroid dienone is 1. The van der Waals surface area contributed by atoms with Gasteiger partial charge in [-0.05, 0) is 12.5 Å². The fraction of sp³-hybridized carbons (Fsp3) is 0.714. The molecule has 19 heavy (non-hydrogen) atoms. The first kappa shape index (κ1) is 14.2. The first-order valence-electron chi connectivity index (χ1n) is 7.11. The Bertz CT molecular complexity index is 345. The number of hydrogen-bond acceptors (Lipinski definition) is 4. The molecule has 1 amide bonds. The number of piperazine rings is 1. The van der Waals surface area contributed by atoms with Gasteiger partial charge < -0.3 is 5.32 Å². The average Bonchev–Trinajstić information content (AvgIpc) is 2.42. The summed E-state index contributed by atoms with van der Waals surface area (Å²) in [6.07, 6.45) is 7.20. The molecule has 106 valence electrons. The van der Waals surface area contributed by atoms with Crippen molar-refractivity contribution in [2.75, 3.05) is 45.8 Å².